The van der Waals surface area contributed by atoms with Gasteiger partial charge in [-0.2, -0.15) is 0 Å². The summed E-state index contributed by atoms with van der Waals surface area (Å²) >= 11 is 0. The van der Waals surface area contributed by atoms with Crippen molar-refractivity contribution in [1.82, 2.24) is 0 Å². The zero-order valence-corrected chi connectivity index (χ0v) is 12.9. The van der Waals surface area contributed by atoms with E-state index in [0.717, 1.165) is 29.7 Å². The molecule has 0 amide bonds. The van der Waals surface area contributed by atoms with E-state index in [0.29, 0.717) is 6.61 Å². The van der Waals surface area contributed by atoms with Crippen molar-refractivity contribution in [3.8, 4) is 11.1 Å². The summed E-state index contributed by atoms with van der Waals surface area (Å²) in [4.78, 5) is 10.7. The van der Waals surface area contributed by atoms with Crippen LogP contribution in [0.5, 0.6) is 0 Å². The fraction of sp³-hybridized carbons (Fsp3) is 0.316. The van der Waals surface area contributed by atoms with Gasteiger partial charge >= 0.3 is 0 Å². The van der Waals surface area contributed by atoms with Crippen LogP contribution in [-0.2, 0) is 11.3 Å². The number of carboxylic acid groups (broad SMARTS) is 1. The molecule has 3 heteroatoms. The zero-order valence-electron chi connectivity index (χ0n) is 12.9. The highest BCUT2D eigenvalue weighted by molar-refractivity contribution is 5.86. The minimum atomic E-state index is -1.15. The van der Waals surface area contributed by atoms with E-state index in [4.69, 9.17) is 4.74 Å². The summed E-state index contributed by atoms with van der Waals surface area (Å²) in [7, 11) is 0. The van der Waals surface area contributed by atoms with Gasteiger partial charge in [0.15, 0.2) is 0 Å². The molecule has 0 atom stereocenters. The lowest BCUT2D eigenvalue weighted by molar-refractivity contribution is -0.255. The minimum Gasteiger partial charge on any atom is -0.545 e. The van der Waals surface area contributed by atoms with Crippen LogP contribution in [-0.4, -0.2) is 12.6 Å². The van der Waals surface area contributed by atoms with E-state index in [-0.39, 0.29) is 5.56 Å². The molecule has 0 saturated heterocycles. The molecule has 0 radical (unpaired) electrons. The van der Waals surface area contributed by atoms with E-state index in [1.165, 1.54) is 12.8 Å². The van der Waals surface area contributed by atoms with Crippen LogP contribution in [0.2, 0.25) is 0 Å². The highest BCUT2D eigenvalue weighted by atomic mass is 16.5. The summed E-state index contributed by atoms with van der Waals surface area (Å²) in [6, 6.07) is 14.9. The standard InChI is InChI=1S/C19H22O3/c1-2-3-4-13-22-14-15-5-7-16(8-6-15)17-9-11-18(12-10-17)19(20)21/h5-12H,2-4,13-14H2,1H3,(H,20,21)/p-1. The van der Waals surface area contributed by atoms with Crippen molar-refractivity contribution >= 4 is 5.97 Å². The molecule has 0 aromatic heterocycles. The van der Waals surface area contributed by atoms with Gasteiger partial charge in [0.1, 0.15) is 0 Å². The third kappa shape index (κ3) is 4.71. The Labute approximate surface area is 131 Å². The van der Waals surface area contributed by atoms with Crippen LogP contribution in [0.3, 0.4) is 0 Å². The zero-order chi connectivity index (χ0) is 15.8. The van der Waals surface area contributed by atoms with Gasteiger partial charge in [-0.1, -0.05) is 68.3 Å². The molecule has 0 spiro atoms. The summed E-state index contributed by atoms with van der Waals surface area (Å²) in [5.74, 6) is -1.15. The molecule has 22 heavy (non-hydrogen) atoms. The maximum Gasteiger partial charge on any atom is 0.0716 e. The van der Waals surface area contributed by atoms with Crippen LogP contribution < -0.4 is 5.11 Å². The Morgan fingerprint density at radius 2 is 1.55 bits per heavy atom. The van der Waals surface area contributed by atoms with Crippen molar-refractivity contribution in [3.05, 3.63) is 59.7 Å². The molecule has 2 aromatic carbocycles. The minimum absolute atomic E-state index is 0.195. The van der Waals surface area contributed by atoms with Gasteiger partial charge in [0, 0.05) is 6.61 Å². The molecular formula is C19H21O3-. The van der Waals surface area contributed by atoms with E-state index in [9.17, 15) is 9.90 Å². The van der Waals surface area contributed by atoms with Crippen molar-refractivity contribution in [1.29, 1.82) is 0 Å². The number of hydrogen-bond donors (Lipinski definition) is 0. The lowest BCUT2D eigenvalue weighted by atomic mass is 10.0. The Hall–Kier alpha value is -2.13. The summed E-state index contributed by atoms with van der Waals surface area (Å²) in [6.07, 6.45) is 3.52. The van der Waals surface area contributed by atoms with Gasteiger partial charge in [0.05, 0.1) is 12.6 Å². The lowest BCUT2D eigenvalue weighted by Crippen LogP contribution is -2.21. The van der Waals surface area contributed by atoms with Gasteiger partial charge in [-0.3, -0.25) is 0 Å². The molecule has 0 aliphatic carbocycles. The van der Waals surface area contributed by atoms with Gasteiger partial charge in [-0.05, 0) is 28.7 Å². The molecule has 2 rings (SSSR count). The van der Waals surface area contributed by atoms with Crippen molar-refractivity contribution in [2.75, 3.05) is 6.61 Å². The second-order valence-electron chi connectivity index (χ2n) is 5.32. The third-order valence-electron chi connectivity index (χ3n) is 3.57. The summed E-state index contributed by atoms with van der Waals surface area (Å²) in [5.41, 5.74) is 3.38. The summed E-state index contributed by atoms with van der Waals surface area (Å²) < 4.78 is 5.64. The number of hydrogen-bond acceptors (Lipinski definition) is 3. The summed E-state index contributed by atoms with van der Waals surface area (Å²) in [5, 5.41) is 10.7. The molecule has 0 saturated carbocycles. The largest absolute Gasteiger partial charge is 0.545 e. The van der Waals surface area contributed by atoms with Gasteiger partial charge in [-0.25, -0.2) is 0 Å². The molecule has 0 N–H and O–H groups in total. The molecule has 0 bridgehead atoms. The molecule has 3 nitrogen and oxygen atoms in total. The molecule has 0 heterocycles. The third-order valence-corrected chi connectivity index (χ3v) is 3.57. The molecule has 0 aliphatic rings. The first-order valence-corrected chi connectivity index (χ1v) is 7.69. The van der Waals surface area contributed by atoms with E-state index in [1.807, 2.05) is 24.3 Å². The Morgan fingerprint density at radius 3 is 2.09 bits per heavy atom. The number of carbonyl (C=O) groups is 1. The van der Waals surface area contributed by atoms with Crippen molar-refractivity contribution in [3.63, 3.8) is 0 Å². The highest BCUT2D eigenvalue weighted by Crippen LogP contribution is 2.20. The lowest BCUT2D eigenvalue weighted by Gasteiger charge is -2.07. The van der Waals surface area contributed by atoms with E-state index < -0.39 is 5.97 Å². The van der Waals surface area contributed by atoms with Crippen LogP contribution in [0.15, 0.2) is 48.5 Å². The van der Waals surface area contributed by atoms with Crippen LogP contribution >= 0.6 is 0 Å². The molecule has 0 fully saturated rings. The number of ether oxygens (including phenoxy) is 1. The normalized spacial score (nSPS) is 10.6. The number of rotatable bonds is 8. The van der Waals surface area contributed by atoms with E-state index in [1.54, 1.807) is 24.3 Å². The van der Waals surface area contributed by atoms with Gasteiger partial charge in [0.25, 0.3) is 0 Å². The van der Waals surface area contributed by atoms with E-state index in [2.05, 4.69) is 6.92 Å². The Morgan fingerprint density at radius 1 is 0.955 bits per heavy atom. The number of carboxylic acids is 1. The first kappa shape index (κ1) is 16.2. The molecular weight excluding hydrogens is 276 g/mol. The Bertz CT molecular complexity index is 585. The summed E-state index contributed by atoms with van der Waals surface area (Å²) in [6.45, 7) is 3.62. The first-order chi connectivity index (χ1) is 10.7. The molecule has 116 valence electrons. The molecule has 2 aromatic rings. The fourth-order valence-electron chi connectivity index (χ4n) is 2.24. The topological polar surface area (TPSA) is 49.4 Å². The smallest absolute Gasteiger partial charge is 0.0716 e. The second-order valence-corrected chi connectivity index (χ2v) is 5.32. The monoisotopic (exact) mass is 297 g/mol. The SMILES string of the molecule is CCCCCOCc1ccc(-c2ccc(C(=O)[O-])cc2)cc1. The predicted octanol–water partition coefficient (Wildman–Crippen LogP) is 3.42. The predicted molar refractivity (Wildman–Crippen MR) is 85.4 cm³/mol. The Balaban J connectivity index is 1.92. The first-order valence-electron chi connectivity index (χ1n) is 7.69. The van der Waals surface area contributed by atoms with Crippen molar-refractivity contribution in [2.24, 2.45) is 0 Å². The number of unbranched alkanes of at least 4 members (excludes halogenated alkanes) is 2. The number of carbonyl (C=O) groups excluding carboxylic acids is 1. The second kappa shape index (κ2) is 8.35. The maximum absolute atomic E-state index is 10.7. The van der Waals surface area contributed by atoms with Crippen molar-refractivity contribution in [2.45, 2.75) is 32.8 Å². The average molecular weight is 297 g/mol. The van der Waals surface area contributed by atoms with Gasteiger partial charge in [0.2, 0.25) is 0 Å². The average Bonchev–Trinajstić information content (AvgIpc) is 2.55. The van der Waals surface area contributed by atoms with Gasteiger partial charge in [-0.15, -0.1) is 0 Å². The van der Waals surface area contributed by atoms with Crippen LogP contribution in [0.25, 0.3) is 11.1 Å². The number of benzene rings is 2. The van der Waals surface area contributed by atoms with Crippen LogP contribution in [0.1, 0.15) is 42.1 Å². The quantitative estimate of drug-likeness (QED) is 0.701. The van der Waals surface area contributed by atoms with E-state index >= 15 is 0 Å². The van der Waals surface area contributed by atoms with Crippen LogP contribution in [0.4, 0.5) is 0 Å². The maximum atomic E-state index is 10.7. The molecule has 0 unspecified atom stereocenters. The van der Waals surface area contributed by atoms with Crippen LogP contribution in [0, 0.1) is 0 Å². The fourth-order valence-corrected chi connectivity index (χ4v) is 2.24. The van der Waals surface area contributed by atoms with Crippen molar-refractivity contribution < 1.29 is 14.6 Å². The molecule has 0 aliphatic heterocycles. The van der Waals surface area contributed by atoms with Gasteiger partial charge < -0.3 is 14.6 Å². The number of aromatic carboxylic acids is 1. The Kier molecular flexibility index (Phi) is 6.16. The highest BCUT2D eigenvalue weighted by Gasteiger charge is 2.00.